The first-order valence-corrected chi connectivity index (χ1v) is 19.5. The monoisotopic (exact) mass is 623 g/mol. The fourth-order valence-corrected chi connectivity index (χ4v) is 7.75. The molecule has 6 heteroatoms. The third kappa shape index (κ3) is 18.1. The normalized spacial score (nSPS) is 17.2. The average molecular weight is 623 g/mol. The topological polar surface area (TPSA) is 52.6 Å². The van der Waals surface area contributed by atoms with Crippen molar-refractivity contribution in [2.45, 2.75) is 168 Å². The maximum atomic E-state index is 12.8. The molecule has 0 aromatic rings. The molecule has 0 spiro atoms. The molecule has 258 valence electrons. The number of likely N-dealkylation sites (tertiary alicyclic amines) is 2. The van der Waals surface area contributed by atoms with Crippen LogP contribution >= 0.6 is 0 Å². The fourth-order valence-electron chi connectivity index (χ4n) is 7.75. The third-order valence-electron chi connectivity index (χ3n) is 10.5. The lowest BCUT2D eigenvalue weighted by Gasteiger charge is -2.33. The van der Waals surface area contributed by atoms with Gasteiger partial charge in [0, 0.05) is 25.7 Å². The van der Waals surface area contributed by atoms with E-state index in [0.29, 0.717) is 13.1 Å². The number of unbranched alkanes of at least 4 members (excludes halogenated alkanes) is 18. The van der Waals surface area contributed by atoms with Gasteiger partial charge in [-0.3, -0.25) is 0 Å². The first-order chi connectivity index (χ1) is 21.5. The molecule has 2 aliphatic heterocycles. The maximum absolute atomic E-state index is 12.8. The number of quaternary nitrogens is 2. The highest BCUT2D eigenvalue weighted by molar-refractivity contribution is 5.71. The van der Waals surface area contributed by atoms with Crippen molar-refractivity contribution in [3.05, 3.63) is 0 Å². The molecule has 2 fully saturated rings. The van der Waals surface area contributed by atoms with Crippen molar-refractivity contribution in [2.24, 2.45) is 0 Å². The first kappa shape index (κ1) is 39.0. The summed E-state index contributed by atoms with van der Waals surface area (Å²) in [7, 11) is 0. The number of carbonyl (C=O) groups is 2. The van der Waals surface area contributed by atoms with E-state index in [1.807, 2.05) is 0 Å². The van der Waals surface area contributed by atoms with E-state index in [1.54, 1.807) is 0 Å². The molecule has 0 saturated carbocycles. The van der Waals surface area contributed by atoms with Crippen molar-refractivity contribution >= 4 is 11.9 Å². The molecule has 0 radical (unpaired) electrons. The standard InChI is InChI=1S/C38H74N2O4/c1-3-5-7-9-11-13-15-17-19-21-27-39(29-23-24-30-39)35-37(41)43-33-34-44-38(42)36-40(31-25-26-32-40)28-22-20-18-16-14-12-10-8-6-4-2/h3-36H2,1-2H3/q+2. The Morgan fingerprint density at radius 1 is 0.432 bits per heavy atom. The lowest BCUT2D eigenvalue weighted by molar-refractivity contribution is -0.910. The van der Waals surface area contributed by atoms with Gasteiger partial charge in [0.15, 0.2) is 13.1 Å². The van der Waals surface area contributed by atoms with Crippen molar-refractivity contribution in [1.29, 1.82) is 0 Å². The molecule has 2 rings (SSSR count). The van der Waals surface area contributed by atoms with E-state index in [1.165, 1.54) is 154 Å². The summed E-state index contributed by atoms with van der Waals surface area (Å²) in [5.74, 6) is -0.252. The van der Waals surface area contributed by atoms with Crippen molar-refractivity contribution in [3.63, 3.8) is 0 Å². The van der Waals surface area contributed by atoms with Crippen LogP contribution in [0.15, 0.2) is 0 Å². The van der Waals surface area contributed by atoms with E-state index in [-0.39, 0.29) is 25.2 Å². The van der Waals surface area contributed by atoms with Crippen LogP contribution in [0.1, 0.15) is 168 Å². The van der Waals surface area contributed by atoms with Crippen LogP contribution in [0.5, 0.6) is 0 Å². The lowest BCUT2D eigenvalue weighted by Crippen LogP contribution is -2.50. The van der Waals surface area contributed by atoms with Gasteiger partial charge in [-0.15, -0.1) is 0 Å². The van der Waals surface area contributed by atoms with Crippen LogP contribution in [0.2, 0.25) is 0 Å². The van der Waals surface area contributed by atoms with Gasteiger partial charge in [0.2, 0.25) is 0 Å². The van der Waals surface area contributed by atoms with Gasteiger partial charge in [0.25, 0.3) is 0 Å². The van der Waals surface area contributed by atoms with Crippen molar-refractivity contribution < 1.29 is 28.0 Å². The van der Waals surface area contributed by atoms with Crippen molar-refractivity contribution in [1.82, 2.24) is 0 Å². The summed E-state index contributed by atoms with van der Waals surface area (Å²) in [6.07, 6.45) is 31.7. The summed E-state index contributed by atoms with van der Waals surface area (Å²) < 4.78 is 12.9. The van der Waals surface area contributed by atoms with Gasteiger partial charge in [-0.05, 0) is 25.7 Å². The summed E-state index contributed by atoms with van der Waals surface area (Å²) in [4.78, 5) is 25.5. The molecule has 0 bridgehead atoms. The van der Waals surface area contributed by atoms with E-state index in [2.05, 4.69) is 13.8 Å². The molecule has 44 heavy (non-hydrogen) atoms. The van der Waals surface area contributed by atoms with Crippen LogP contribution in [0.25, 0.3) is 0 Å². The molecule has 2 heterocycles. The van der Waals surface area contributed by atoms with Crippen molar-refractivity contribution in [3.8, 4) is 0 Å². The Bertz CT molecular complexity index is 656. The zero-order valence-electron chi connectivity index (χ0n) is 29.6. The average Bonchev–Trinajstić information content (AvgIpc) is 3.67. The van der Waals surface area contributed by atoms with E-state index >= 15 is 0 Å². The van der Waals surface area contributed by atoms with Crippen LogP contribution in [0.4, 0.5) is 0 Å². The number of esters is 2. The molecule has 0 atom stereocenters. The Hall–Kier alpha value is -1.14. The summed E-state index contributed by atoms with van der Waals surface area (Å²) in [5.41, 5.74) is 0. The number of rotatable bonds is 29. The lowest BCUT2D eigenvalue weighted by atomic mass is 10.1. The predicted octanol–water partition coefficient (Wildman–Crippen LogP) is 9.14. The third-order valence-corrected chi connectivity index (χ3v) is 10.5. The smallest absolute Gasteiger partial charge is 0.361 e. The van der Waals surface area contributed by atoms with Gasteiger partial charge in [0.1, 0.15) is 13.2 Å². The number of carbonyl (C=O) groups excluding carboxylic acids is 2. The number of nitrogens with zero attached hydrogens (tertiary/aromatic N) is 2. The largest absolute Gasteiger partial charge is 0.458 e. The second kappa shape index (κ2) is 25.0. The Morgan fingerprint density at radius 2 is 0.705 bits per heavy atom. The van der Waals surface area contributed by atoms with Crippen LogP contribution in [0.3, 0.4) is 0 Å². The minimum Gasteiger partial charge on any atom is -0.458 e. The quantitative estimate of drug-likeness (QED) is 0.0474. The van der Waals surface area contributed by atoms with E-state index in [4.69, 9.17) is 9.47 Å². The van der Waals surface area contributed by atoms with Gasteiger partial charge < -0.3 is 18.4 Å². The summed E-state index contributed by atoms with van der Waals surface area (Å²) in [6.45, 7) is 12.5. The Labute approximate surface area is 273 Å². The molecule has 0 aromatic carbocycles. The summed E-state index contributed by atoms with van der Waals surface area (Å²) >= 11 is 0. The molecule has 2 saturated heterocycles. The van der Waals surface area contributed by atoms with Crippen LogP contribution in [-0.4, -0.2) is 86.5 Å². The Morgan fingerprint density at radius 3 is 1.00 bits per heavy atom. The highest BCUT2D eigenvalue weighted by atomic mass is 16.6. The van der Waals surface area contributed by atoms with E-state index in [9.17, 15) is 9.59 Å². The molecule has 0 N–H and O–H groups in total. The highest BCUT2D eigenvalue weighted by Gasteiger charge is 2.35. The van der Waals surface area contributed by atoms with Crippen molar-refractivity contribution in [2.75, 3.05) is 65.6 Å². The van der Waals surface area contributed by atoms with Crippen LogP contribution in [-0.2, 0) is 19.1 Å². The number of hydrogen-bond acceptors (Lipinski definition) is 4. The molecule has 0 amide bonds. The first-order valence-electron chi connectivity index (χ1n) is 19.5. The zero-order valence-corrected chi connectivity index (χ0v) is 29.6. The number of ether oxygens (including phenoxy) is 2. The second-order valence-electron chi connectivity index (χ2n) is 14.6. The van der Waals surface area contributed by atoms with Crippen LogP contribution < -0.4 is 0 Å². The minimum absolute atomic E-state index is 0.126. The molecule has 0 aliphatic carbocycles. The highest BCUT2D eigenvalue weighted by Crippen LogP contribution is 2.23. The predicted molar refractivity (Wildman–Crippen MR) is 184 cm³/mol. The molecule has 6 nitrogen and oxygen atoms in total. The van der Waals surface area contributed by atoms with Gasteiger partial charge in [-0.1, -0.05) is 117 Å². The van der Waals surface area contributed by atoms with Gasteiger partial charge >= 0.3 is 11.9 Å². The Kier molecular flexibility index (Phi) is 22.2. The minimum atomic E-state index is -0.126. The molecular weight excluding hydrogens is 548 g/mol. The van der Waals surface area contributed by atoms with Crippen LogP contribution in [0, 0.1) is 0 Å². The molecule has 2 aliphatic rings. The SMILES string of the molecule is CCCCCCCCCCCC[N+]1(CC(=O)OCCOC(=O)C[N+]2(CCCCCCCCCCCC)CCCC2)CCCC1. The maximum Gasteiger partial charge on any atom is 0.361 e. The summed E-state index contributed by atoms with van der Waals surface area (Å²) in [5, 5.41) is 0. The second-order valence-corrected chi connectivity index (χ2v) is 14.6. The van der Waals surface area contributed by atoms with Gasteiger partial charge in [-0.2, -0.15) is 0 Å². The molecule has 0 unspecified atom stereocenters. The zero-order chi connectivity index (χ0) is 31.6. The molecular formula is C38H74N2O4+2. The van der Waals surface area contributed by atoms with Gasteiger partial charge in [-0.25, -0.2) is 9.59 Å². The van der Waals surface area contributed by atoms with Gasteiger partial charge in [0.05, 0.1) is 39.3 Å². The summed E-state index contributed by atoms with van der Waals surface area (Å²) in [6, 6.07) is 0. The Balaban J connectivity index is 1.54. The van der Waals surface area contributed by atoms with E-state index in [0.717, 1.165) is 48.2 Å². The van der Waals surface area contributed by atoms with E-state index < -0.39 is 0 Å². The number of hydrogen-bond donors (Lipinski definition) is 0. The fraction of sp³-hybridized carbons (Fsp3) is 0.947. The molecule has 0 aromatic heterocycles.